The number of pyridine rings is 1. The Morgan fingerprint density at radius 3 is 2.38 bits per heavy atom. The summed E-state index contributed by atoms with van der Waals surface area (Å²) in [6.45, 7) is 5.02. The molecule has 2 heterocycles. The van der Waals surface area contributed by atoms with Gasteiger partial charge >= 0.3 is 0 Å². The molecule has 1 aromatic heterocycles. The van der Waals surface area contributed by atoms with Crippen LogP contribution in [0.15, 0.2) is 89.9 Å². The van der Waals surface area contributed by atoms with Crippen molar-refractivity contribution in [1.82, 2.24) is 9.63 Å². The lowest BCUT2D eigenvalue weighted by molar-refractivity contribution is 0.0691. The molecule has 0 aliphatic carbocycles. The fourth-order valence-corrected chi connectivity index (χ4v) is 5.04. The molecule has 5 rings (SSSR count). The molecule has 0 bridgehead atoms. The first-order chi connectivity index (χ1) is 18.9. The van der Waals surface area contributed by atoms with Crippen LogP contribution < -0.4 is 15.7 Å². The molecule has 39 heavy (non-hydrogen) atoms. The fraction of sp³-hybridized carbons (Fsp3) is 0.250. The van der Waals surface area contributed by atoms with E-state index in [-0.39, 0.29) is 29.8 Å². The van der Waals surface area contributed by atoms with Crippen LogP contribution in [0, 0.1) is 19.7 Å². The summed E-state index contributed by atoms with van der Waals surface area (Å²) in [4.78, 5) is 34.9. The summed E-state index contributed by atoms with van der Waals surface area (Å²) in [7, 11) is 0. The Bertz CT molecular complexity index is 1510. The van der Waals surface area contributed by atoms with Crippen LogP contribution in [0.1, 0.15) is 51.4 Å². The van der Waals surface area contributed by atoms with Crippen LogP contribution in [0.3, 0.4) is 0 Å². The molecular weight excluding hydrogens is 493 g/mol. The minimum atomic E-state index is -0.326. The smallest absolute Gasteiger partial charge is 0.288 e. The highest BCUT2D eigenvalue weighted by molar-refractivity contribution is 6.00. The number of carbonyl (C=O) groups is 1. The van der Waals surface area contributed by atoms with Crippen LogP contribution in [-0.2, 0) is 6.61 Å². The van der Waals surface area contributed by atoms with E-state index in [9.17, 15) is 14.0 Å². The van der Waals surface area contributed by atoms with E-state index in [1.54, 1.807) is 6.92 Å². The molecule has 1 aliphatic heterocycles. The Balaban J connectivity index is 1.43. The van der Waals surface area contributed by atoms with Gasteiger partial charge in [-0.1, -0.05) is 54.6 Å². The van der Waals surface area contributed by atoms with Crippen LogP contribution in [0.5, 0.6) is 0 Å². The van der Waals surface area contributed by atoms with Crippen LogP contribution in [-0.4, -0.2) is 28.6 Å². The number of nitrogens with one attached hydrogen (secondary N) is 1. The third kappa shape index (κ3) is 6.03. The molecular formula is C32H32FN3O3. The van der Waals surface area contributed by atoms with Crippen molar-refractivity contribution in [2.24, 2.45) is 0 Å². The Hall–Kier alpha value is -4.39. The first-order valence-electron chi connectivity index (χ1n) is 13.2. The minimum absolute atomic E-state index is 0.164. The quantitative estimate of drug-likeness (QED) is 0.322. The number of aryl methyl sites for hydroxylation is 1. The van der Waals surface area contributed by atoms with Crippen molar-refractivity contribution in [3.8, 4) is 0 Å². The zero-order chi connectivity index (χ0) is 27.4. The van der Waals surface area contributed by atoms with Crippen LogP contribution in [0.4, 0.5) is 15.8 Å². The molecule has 0 spiro atoms. The zero-order valence-electron chi connectivity index (χ0n) is 22.2. The number of carbonyl (C=O) groups excluding carboxylic acids is 1. The first kappa shape index (κ1) is 26.2. The van der Waals surface area contributed by atoms with Gasteiger partial charge in [-0.3, -0.25) is 9.59 Å². The minimum Gasteiger partial charge on any atom is -0.406 e. The molecule has 7 heteroatoms. The van der Waals surface area contributed by atoms with Gasteiger partial charge in [0.2, 0.25) is 0 Å². The lowest BCUT2D eigenvalue weighted by atomic mass is 9.89. The molecule has 0 atom stereocenters. The van der Waals surface area contributed by atoms with Crippen molar-refractivity contribution in [2.75, 3.05) is 18.4 Å². The van der Waals surface area contributed by atoms with Gasteiger partial charge in [0.05, 0.1) is 17.4 Å². The number of likely N-dealkylation sites (tertiary alicyclic amines) is 1. The van der Waals surface area contributed by atoms with Crippen molar-refractivity contribution < 1.29 is 14.0 Å². The van der Waals surface area contributed by atoms with Gasteiger partial charge in [0.1, 0.15) is 12.4 Å². The number of hydrogen-bond acceptors (Lipinski definition) is 4. The average Bonchev–Trinajstić information content (AvgIpc) is 2.96. The molecule has 0 radical (unpaired) electrons. The number of nitrogens with zero attached hydrogens (tertiary/aromatic N) is 2. The monoisotopic (exact) mass is 525 g/mol. The molecule has 3 aromatic carbocycles. The second-order valence-electron chi connectivity index (χ2n) is 10.0. The number of rotatable bonds is 7. The van der Waals surface area contributed by atoms with Gasteiger partial charge in [-0.15, -0.1) is 0 Å². The standard InChI is InChI=1S/C32H32FN3O3/c1-22-7-6-10-28(19-22)34-30-23(2)31(37)36(39-21-24-8-4-3-5-9-24)20-29(30)32(38)35-17-15-26(16-18-35)25-11-13-27(33)14-12-25/h3-14,19-20,26,34H,15-18,21H2,1-2H3. The second kappa shape index (κ2) is 11.6. The number of benzene rings is 3. The summed E-state index contributed by atoms with van der Waals surface area (Å²) < 4.78 is 14.5. The normalized spacial score (nSPS) is 13.8. The van der Waals surface area contributed by atoms with E-state index in [2.05, 4.69) is 5.32 Å². The summed E-state index contributed by atoms with van der Waals surface area (Å²) in [6.07, 6.45) is 3.06. The number of halogens is 1. The van der Waals surface area contributed by atoms with E-state index in [0.717, 1.165) is 35.2 Å². The van der Waals surface area contributed by atoms with Crippen molar-refractivity contribution >= 4 is 17.3 Å². The van der Waals surface area contributed by atoms with Crippen molar-refractivity contribution in [2.45, 2.75) is 39.2 Å². The largest absolute Gasteiger partial charge is 0.406 e. The molecule has 200 valence electrons. The van der Waals surface area contributed by atoms with Crippen molar-refractivity contribution in [1.29, 1.82) is 0 Å². The maximum Gasteiger partial charge on any atom is 0.288 e. The number of aromatic nitrogens is 1. The predicted octanol–water partition coefficient (Wildman–Crippen LogP) is 6.00. The van der Waals surface area contributed by atoms with Crippen LogP contribution in [0.25, 0.3) is 0 Å². The molecule has 1 saturated heterocycles. The number of hydrogen-bond donors (Lipinski definition) is 1. The van der Waals surface area contributed by atoms with Crippen LogP contribution in [0.2, 0.25) is 0 Å². The van der Waals surface area contributed by atoms with Gasteiger partial charge in [-0.2, -0.15) is 4.73 Å². The maximum atomic E-state index is 13.9. The summed E-state index contributed by atoms with van der Waals surface area (Å²) >= 11 is 0. The third-order valence-electron chi connectivity index (χ3n) is 7.27. The van der Waals surface area contributed by atoms with Gasteiger partial charge in [0.25, 0.3) is 11.5 Å². The zero-order valence-corrected chi connectivity index (χ0v) is 22.2. The number of amides is 1. The number of anilines is 2. The molecule has 1 fully saturated rings. The molecule has 0 unspecified atom stereocenters. The molecule has 1 amide bonds. The first-order valence-corrected chi connectivity index (χ1v) is 13.2. The second-order valence-corrected chi connectivity index (χ2v) is 10.0. The van der Waals surface area contributed by atoms with Gasteiger partial charge in [0, 0.05) is 24.3 Å². The molecule has 4 aromatic rings. The van der Waals surface area contributed by atoms with Crippen molar-refractivity contribution in [3.63, 3.8) is 0 Å². The molecule has 1 N–H and O–H groups in total. The third-order valence-corrected chi connectivity index (χ3v) is 7.27. The molecule has 0 saturated carbocycles. The number of piperidine rings is 1. The molecule has 1 aliphatic rings. The Morgan fingerprint density at radius 1 is 0.974 bits per heavy atom. The highest BCUT2D eigenvalue weighted by Crippen LogP contribution is 2.31. The summed E-state index contributed by atoms with van der Waals surface area (Å²) in [5.41, 5.74) is 4.79. The van der Waals surface area contributed by atoms with E-state index in [1.807, 2.05) is 78.6 Å². The average molecular weight is 526 g/mol. The highest BCUT2D eigenvalue weighted by atomic mass is 19.1. The van der Waals surface area contributed by atoms with Crippen molar-refractivity contribution in [3.05, 3.63) is 129 Å². The lowest BCUT2D eigenvalue weighted by Gasteiger charge is -2.33. The van der Waals surface area contributed by atoms with E-state index < -0.39 is 0 Å². The van der Waals surface area contributed by atoms with E-state index in [0.29, 0.717) is 29.9 Å². The van der Waals surface area contributed by atoms with E-state index in [4.69, 9.17) is 4.84 Å². The van der Waals surface area contributed by atoms with Crippen LogP contribution >= 0.6 is 0 Å². The summed E-state index contributed by atoms with van der Waals surface area (Å²) in [6, 6.07) is 24.0. The topological polar surface area (TPSA) is 63.6 Å². The van der Waals surface area contributed by atoms with Gasteiger partial charge in [-0.25, -0.2) is 4.39 Å². The lowest BCUT2D eigenvalue weighted by Crippen LogP contribution is -2.39. The predicted molar refractivity (Wildman–Crippen MR) is 151 cm³/mol. The molecule has 6 nitrogen and oxygen atoms in total. The highest BCUT2D eigenvalue weighted by Gasteiger charge is 2.28. The van der Waals surface area contributed by atoms with E-state index in [1.165, 1.54) is 23.1 Å². The maximum absolute atomic E-state index is 13.9. The fourth-order valence-electron chi connectivity index (χ4n) is 5.04. The summed E-state index contributed by atoms with van der Waals surface area (Å²) in [5.74, 6) is -0.146. The Kier molecular flexibility index (Phi) is 7.77. The Labute approximate surface area is 227 Å². The van der Waals surface area contributed by atoms with Gasteiger partial charge in [0.15, 0.2) is 0 Å². The summed E-state index contributed by atoms with van der Waals surface area (Å²) in [5, 5.41) is 3.33. The Morgan fingerprint density at radius 2 is 1.69 bits per heavy atom. The van der Waals surface area contributed by atoms with E-state index >= 15 is 0 Å². The SMILES string of the molecule is Cc1cccc(Nc2c(C(=O)N3CCC(c4ccc(F)cc4)CC3)cn(OCc3ccccc3)c(=O)c2C)c1. The van der Waals surface area contributed by atoms with Gasteiger partial charge in [-0.05, 0) is 73.6 Å². The van der Waals surface area contributed by atoms with Gasteiger partial charge < -0.3 is 15.1 Å².